The first-order chi connectivity index (χ1) is 9.10. The van der Waals surface area contributed by atoms with Gasteiger partial charge in [-0.25, -0.2) is 0 Å². The summed E-state index contributed by atoms with van der Waals surface area (Å²) >= 11 is 1.75. The number of aromatic nitrogens is 2. The van der Waals surface area contributed by atoms with E-state index in [1.165, 1.54) is 17.8 Å². The Labute approximate surface area is 128 Å². The van der Waals surface area contributed by atoms with E-state index in [1.807, 2.05) is 0 Å². The SMILES string of the molecule is CC1CC(c2nnc([C@@H](C)O[Si](C)(C)C(C)(C)C)s2)C1. The number of rotatable bonds is 4. The van der Waals surface area contributed by atoms with Gasteiger partial charge < -0.3 is 4.43 Å². The Morgan fingerprint density at radius 2 is 1.85 bits per heavy atom. The molecule has 1 fully saturated rings. The van der Waals surface area contributed by atoms with E-state index in [0.717, 1.165) is 10.9 Å². The van der Waals surface area contributed by atoms with Gasteiger partial charge in [-0.15, -0.1) is 10.2 Å². The maximum atomic E-state index is 6.40. The Morgan fingerprint density at radius 1 is 1.25 bits per heavy atom. The highest BCUT2D eigenvalue weighted by atomic mass is 32.1. The second kappa shape index (κ2) is 5.50. The molecule has 1 aliphatic carbocycles. The maximum absolute atomic E-state index is 6.40. The van der Waals surface area contributed by atoms with Crippen LogP contribution < -0.4 is 0 Å². The van der Waals surface area contributed by atoms with E-state index in [9.17, 15) is 0 Å². The molecule has 1 saturated carbocycles. The monoisotopic (exact) mass is 312 g/mol. The maximum Gasteiger partial charge on any atom is 0.193 e. The van der Waals surface area contributed by atoms with Crippen molar-refractivity contribution < 1.29 is 4.43 Å². The van der Waals surface area contributed by atoms with E-state index < -0.39 is 8.32 Å². The molecule has 1 aromatic rings. The van der Waals surface area contributed by atoms with Gasteiger partial charge in [-0.05, 0) is 43.8 Å². The van der Waals surface area contributed by atoms with E-state index in [1.54, 1.807) is 11.3 Å². The molecule has 1 aromatic heterocycles. The average Bonchev–Trinajstić information content (AvgIpc) is 2.71. The van der Waals surface area contributed by atoms with Crippen LogP contribution in [0.5, 0.6) is 0 Å². The van der Waals surface area contributed by atoms with Gasteiger partial charge in [-0.3, -0.25) is 0 Å². The Hall–Kier alpha value is -0.263. The summed E-state index contributed by atoms with van der Waals surface area (Å²) in [6.07, 6.45) is 2.61. The van der Waals surface area contributed by atoms with Gasteiger partial charge in [0, 0.05) is 5.92 Å². The first-order valence-electron chi connectivity index (χ1n) is 7.61. The van der Waals surface area contributed by atoms with Crippen LogP contribution in [-0.2, 0) is 4.43 Å². The molecule has 0 saturated heterocycles. The quantitative estimate of drug-likeness (QED) is 0.722. The van der Waals surface area contributed by atoms with Gasteiger partial charge in [-0.2, -0.15) is 0 Å². The predicted octanol–water partition coefficient (Wildman–Crippen LogP) is 5.13. The lowest BCUT2D eigenvalue weighted by Gasteiger charge is -2.37. The summed E-state index contributed by atoms with van der Waals surface area (Å²) in [6.45, 7) is 15.8. The van der Waals surface area contributed by atoms with Gasteiger partial charge in [0.1, 0.15) is 10.0 Å². The third kappa shape index (κ3) is 3.31. The molecule has 3 nitrogen and oxygen atoms in total. The van der Waals surface area contributed by atoms with Crippen LogP contribution in [0.3, 0.4) is 0 Å². The van der Waals surface area contributed by atoms with Crippen LogP contribution in [0.25, 0.3) is 0 Å². The molecule has 0 amide bonds. The normalized spacial score (nSPS) is 25.4. The molecule has 0 N–H and O–H groups in total. The summed E-state index contributed by atoms with van der Waals surface area (Å²) in [5, 5.41) is 11.3. The van der Waals surface area contributed by atoms with E-state index in [0.29, 0.717) is 5.92 Å². The highest BCUT2D eigenvalue weighted by Crippen LogP contribution is 2.44. The van der Waals surface area contributed by atoms with Crippen molar-refractivity contribution in [1.29, 1.82) is 0 Å². The Kier molecular flexibility index (Phi) is 4.43. The van der Waals surface area contributed by atoms with Gasteiger partial charge in [0.25, 0.3) is 0 Å². The van der Waals surface area contributed by atoms with Crippen molar-refractivity contribution >= 4 is 19.7 Å². The fourth-order valence-corrected chi connectivity index (χ4v) is 4.73. The number of nitrogens with zero attached hydrogens (tertiary/aromatic N) is 2. The minimum atomic E-state index is -1.74. The smallest absolute Gasteiger partial charge is 0.193 e. The lowest BCUT2D eigenvalue weighted by atomic mass is 9.77. The molecule has 2 rings (SSSR count). The molecular formula is C15H28N2OSSi. The molecule has 0 aromatic carbocycles. The predicted molar refractivity (Wildman–Crippen MR) is 87.7 cm³/mol. The first kappa shape index (κ1) is 16.1. The van der Waals surface area contributed by atoms with E-state index in [2.05, 4.69) is 57.9 Å². The molecule has 0 spiro atoms. The topological polar surface area (TPSA) is 35.0 Å². The molecule has 1 heterocycles. The summed E-state index contributed by atoms with van der Waals surface area (Å²) in [5.74, 6) is 1.50. The Bertz CT molecular complexity index is 461. The standard InChI is InChI=1S/C15H28N2OSSi/c1-10-8-12(9-10)14-17-16-13(19-14)11(2)18-20(6,7)15(3,4)5/h10-12H,8-9H2,1-7H3/t10?,11-,12?/m1/s1. The fourth-order valence-electron chi connectivity index (χ4n) is 2.35. The van der Waals surface area contributed by atoms with Crippen LogP contribution in [0.1, 0.15) is 69.5 Å². The number of hydrogen-bond donors (Lipinski definition) is 0. The molecule has 0 unspecified atom stereocenters. The second-order valence-electron chi connectivity index (χ2n) is 7.77. The molecule has 20 heavy (non-hydrogen) atoms. The van der Waals surface area contributed by atoms with E-state index >= 15 is 0 Å². The fraction of sp³-hybridized carbons (Fsp3) is 0.867. The van der Waals surface area contributed by atoms with Crippen molar-refractivity contribution in [2.75, 3.05) is 0 Å². The summed E-state index contributed by atoms with van der Waals surface area (Å²) in [5.41, 5.74) is 0. The second-order valence-corrected chi connectivity index (χ2v) is 13.6. The van der Waals surface area contributed by atoms with Crippen molar-refractivity contribution in [2.24, 2.45) is 5.92 Å². The first-order valence-corrected chi connectivity index (χ1v) is 11.3. The van der Waals surface area contributed by atoms with Crippen LogP contribution in [0.2, 0.25) is 18.1 Å². The lowest BCUT2D eigenvalue weighted by molar-refractivity contribution is 0.201. The average molecular weight is 313 g/mol. The van der Waals surface area contributed by atoms with Gasteiger partial charge >= 0.3 is 0 Å². The summed E-state index contributed by atoms with van der Waals surface area (Å²) < 4.78 is 6.40. The summed E-state index contributed by atoms with van der Waals surface area (Å²) in [4.78, 5) is 0. The minimum Gasteiger partial charge on any atom is -0.408 e. The Balaban J connectivity index is 2.01. The third-order valence-corrected chi connectivity index (χ3v) is 10.6. The third-order valence-electron chi connectivity index (χ3n) is 4.80. The van der Waals surface area contributed by atoms with Crippen LogP contribution in [0.15, 0.2) is 0 Å². The molecule has 0 bridgehead atoms. The molecular weight excluding hydrogens is 284 g/mol. The summed E-state index contributed by atoms with van der Waals surface area (Å²) in [7, 11) is -1.74. The van der Waals surface area contributed by atoms with Crippen molar-refractivity contribution in [1.82, 2.24) is 10.2 Å². The minimum absolute atomic E-state index is 0.0691. The number of hydrogen-bond acceptors (Lipinski definition) is 4. The van der Waals surface area contributed by atoms with Crippen molar-refractivity contribution in [3.8, 4) is 0 Å². The van der Waals surface area contributed by atoms with Crippen LogP contribution in [-0.4, -0.2) is 18.5 Å². The van der Waals surface area contributed by atoms with Gasteiger partial charge in [0.2, 0.25) is 0 Å². The molecule has 5 heteroatoms. The van der Waals surface area contributed by atoms with E-state index in [-0.39, 0.29) is 11.1 Å². The highest BCUT2D eigenvalue weighted by Gasteiger charge is 2.39. The van der Waals surface area contributed by atoms with Crippen molar-refractivity contribution in [3.63, 3.8) is 0 Å². The molecule has 0 aliphatic heterocycles. The zero-order valence-corrected chi connectivity index (χ0v) is 15.7. The van der Waals surface area contributed by atoms with E-state index in [4.69, 9.17) is 4.43 Å². The van der Waals surface area contributed by atoms with Crippen molar-refractivity contribution in [2.45, 2.75) is 77.6 Å². The highest BCUT2D eigenvalue weighted by molar-refractivity contribution is 7.11. The lowest BCUT2D eigenvalue weighted by Crippen LogP contribution is -2.41. The summed E-state index contributed by atoms with van der Waals surface area (Å²) in [6, 6.07) is 0. The van der Waals surface area contributed by atoms with Gasteiger partial charge in [-0.1, -0.05) is 39.0 Å². The molecule has 114 valence electrons. The molecule has 1 atom stereocenters. The largest absolute Gasteiger partial charge is 0.408 e. The Morgan fingerprint density at radius 3 is 2.35 bits per heavy atom. The zero-order chi connectivity index (χ0) is 15.1. The van der Waals surface area contributed by atoms with Gasteiger partial charge in [0.15, 0.2) is 8.32 Å². The van der Waals surface area contributed by atoms with Crippen LogP contribution >= 0.6 is 11.3 Å². The van der Waals surface area contributed by atoms with Gasteiger partial charge in [0.05, 0.1) is 6.10 Å². The molecule has 0 radical (unpaired) electrons. The van der Waals surface area contributed by atoms with Crippen LogP contribution in [0, 0.1) is 5.92 Å². The zero-order valence-electron chi connectivity index (χ0n) is 13.9. The molecule has 1 aliphatic rings. The van der Waals surface area contributed by atoms with Crippen LogP contribution in [0.4, 0.5) is 0 Å². The van der Waals surface area contributed by atoms with Crippen molar-refractivity contribution in [3.05, 3.63) is 10.0 Å².